The molecule has 0 unspecified atom stereocenters. The fraction of sp³-hybridized carbons (Fsp3) is 0.500. The number of nitrogens with zero attached hydrogens (tertiary/aromatic N) is 1. The molecule has 4 rings (SSSR count). The van der Waals surface area contributed by atoms with Crippen molar-refractivity contribution in [2.75, 3.05) is 40.3 Å². The number of benzene rings is 2. The molecule has 1 saturated carbocycles. The summed E-state index contributed by atoms with van der Waals surface area (Å²) >= 11 is 0. The zero-order valence-corrected chi connectivity index (χ0v) is 19.3. The number of alkyl halides is 3. The summed E-state index contributed by atoms with van der Waals surface area (Å²) in [5, 5.41) is 0. The molecule has 1 aliphatic heterocycles. The van der Waals surface area contributed by atoms with Crippen molar-refractivity contribution in [2.45, 2.75) is 31.9 Å². The number of hydrogen-bond donors (Lipinski definition) is 1. The molecular formula is C26H32F3N2O2+. The first kappa shape index (κ1) is 23.6. The summed E-state index contributed by atoms with van der Waals surface area (Å²) in [6, 6.07) is 15.4. The van der Waals surface area contributed by atoms with Gasteiger partial charge in [-0.3, -0.25) is 4.79 Å². The van der Waals surface area contributed by atoms with E-state index in [-0.39, 0.29) is 12.5 Å². The molecule has 1 saturated heterocycles. The Bertz CT molecular complexity index is 943. The molecule has 1 heterocycles. The van der Waals surface area contributed by atoms with Crippen LogP contribution in [0.4, 0.5) is 13.2 Å². The lowest BCUT2D eigenvalue weighted by Gasteiger charge is -2.32. The van der Waals surface area contributed by atoms with Gasteiger partial charge in [-0.2, -0.15) is 13.2 Å². The van der Waals surface area contributed by atoms with Crippen molar-refractivity contribution in [3.63, 3.8) is 0 Å². The Labute approximate surface area is 193 Å². The fourth-order valence-corrected chi connectivity index (χ4v) is 4.64. The second-order valence-electron chi connectivity index (χ2n) is 9.76. The molecule has 1 amide bonds. The minimum Gasteiger partial charge on any atom is -0.493 e. The molecule has 0 atom stereocenters. The molecule has 2 fully saturated rings. The molecular weight excluding hydrogens is 429 g/mol. The summed E-state index contributed by atoms with van der Waals surface area (Å²) in [4.78, 5) is 14.7. The largest absolute Gasteiger partial charge is 0.493 e. The van der Waals surface area contributed by atoms with Gasteiger partial charge in [0.15, 0.2) is 0 Å². The SMILES string of the molecule is CN(C)C(=O)c1ccc(-c2ccc(OCC3CC[NH+](CC4(C(F)(F)F)CC4)CC3)cc2)cc1. The van der Waals surface area contributed by atoms with Crippen molar-refractivity contribution < 1.29 is 27.6 Å². The van der Waals surface area contributed by atoms with Gasteiger partial charge >= 0.3 is 6.18 Å². The van der Waals surface area contributed by atoms with E-state index in [1.54, 1.807) is 19.0 Å². The number of hydrogen-bond acceptors (Lipinski definition) is 2. The highest BCUT2D eigenvalue weighted by atomic mass is 19.4. The van der Waals surface area contributed by atoms with Crippen LogP contribution in [-0.2, 0) is 0 Å². The smallest absolute Gasteiger partial charge is 0.399 e. The Morgan fingerprint density at radius 1 is 1.00 bits per heavy atom. The summed E-state index contributed by atoms with van der Waals surface area (Å²) in [5.41, 5.74) is 1.32. The first-order valence-electron chi connectivity index (χ1n) is 11.6. The van der Waals surface area contributed by atoms with Gasteiger partial charge in [0.1, 0.15) is 11.2 Å². The summed E-state index contributed by atoms with van der Waals surface area (Å²) in [7, 11) is 3.47. The van der Waals surface area contributed by atoms with Crippen molar-refractivity contribution >= 4 is 5.91 Å². The van der Waals surface area contributed by atoms with Crippen molar-refractivity contribution in [1.29, 1.82) is 0 Å². The molecule has 4 nitrogen and oxygen atoms in total. The molecule has 178 valence electrons. The van der Waals surface area contributed by atoms with Crippen LogP contribution >= 0.6 is 0 Å². The van der Waals surface area contributed by atoms with Gasteiger partial charge in [0.2, 0.25) is 0 Å². The molecule has 33 heavy (non-hydrogen) atoms. The van der Waals surface area contributed by atoms with E-state index >= 15 is 0 Å². The van der Waals surface area contributed by atoms with Crippen molar-refractivity contribution in [1.82, 2.24) is 4.90 Å². The van der Waals surface area contributed by atoms with Crippen LogP contribution in [-0.4, -0.2) is 57.3 Å². The minimum absolute atomic E-state index is 0.0230. The normalized spacial score (nSPS) is 22.0. The molecule has 2 aromatic carbocycles. The van der Waals surface area contributed by atoms with Gasteiger partial charge in [-0.15, -0.1) is 0 Å². The Morgan fingerprint density at radius 2 is 1.55 bits per heavy atom. The lowest BCUT2D eigenvalue weighted by atomic mass is 9.96. The van der Waals surface area contributed by atoms with Crippen molar-refractivity contribution in [3.05, 3.63) is 54.1 Å². The molecule has 0 spiro atoms. The third kappa shape index (κ3) is 5.52. The van der Waals surface area contributed by atoms with E-state index in [2.05, 4.69) is 0 Å². The molecule has 7 heteroatoms. The first-order chi connectivity index (χ1) is 15.7. The number of quaternary nitrogens is 1. The summed E-state index contributed by atoms with van der Waals surface area (Å²) < 4.78 is 45.6. The van der Waals surface area contributed by atoms with Gasteiger partial charge in [-0.1, -0.05) is 24.3 Å². The van der Waals surface area contributed by atoms with Gasteiger partial charge in [0, 0.05) is 38.4 Å². The Kier molecular flexibility index (Phi) is 6.71. The van der Waals surface area contributed by atoms with Gasteiger partial charge in [0.25, 0.3) is 5.91 Å². The van der Waals surface area contributed by atoms with Gasteiger partial charge in [0.05, 0.1) is 26.2 Å². The maximum absolute atomic E-state index is 13.2. The van der Waals surface area contributed by atoms with Crippen LogP contribution in [0.15, 0.2) is 48.5 Å². The van der Waals surface area contributed by atoms with Crippen LogP contribution in [0.1, 0.15) is 36.0 Å². The maximum Gasteiger partial charge on any atom is 0.399 e. The van der Waals surface area contributed by atoms with Crippen LogP contribution in [0.25, 0.3) is 11.1 Å². The lowest BCUT2D eigenvalue weighted by Crippen LogP contribution is -3.14. The van der Waals surface area contributed by atoms with Crippen molar-refractivity contribution in [2.24, 2.45) is 11.3 Å². The van der Waals surface area contributed by atoms with Gasteiger partial charge in [-0.25, -0.2) is 0 Å². The fourth-order valence-electron chi connectivity index (χ4n) is 4.64. The number of piperidine rings is 1. The zero-order valence-electron chi connectivity index (χ0n) is 19.3. The third-order valence-corrected chi connectivity index (χ3v) is 7.07. The number of likely N-dealkylation sites (tertiary alicyclic amines) is 1. The van der Waals surface area contributed by atoms with Crippen LogP contribution in [0.5, 0.6) is 5.75 Å². The number of ether oxygens (including phenoxy) is 1. The number of nitrogens with one attached hydrogen (secondary N) is 1. The zero-order chi connectivity index (χ0) is 23.6. The quantitative estimate of drug-likeness (QED) is 0.675. The van der Waals surface area contributed by atoms with E-state index < -0.39 is 11.6 Å². The second-order valence-corrected chi connectivity index (χ2v) is 9.76. The van der Waals surface area contributed by atoms with Crippen LogP contribution in [0.3, 0.4) is 0 Å². The van der Waals surface area contributed by atoms with E-state index in [9.17, 15) is 18.0 Å². The molecule has 2 aromatic rings. The standard InChI is InChI=1S/C26H31F3N2O2/c1-30(2)24(32)22-5-3-20(4-6-22)21-7-9-23(10-8-21)33-17-19-11-15-31(16-12-19)18-25(13-14-25)26(27,28)29/h3-10,19H,11-18H2,1-2H3/p+1. The summed E-state index contributed by atoms with van der Waals surface area (Å²) in [5.74, 6) is 1.16. The van der Waals surface area contributed by atoms with E-state index in [1.807, 2.05) is 48.5 Å². The minimum atomic E-state index is -4.06. The summed E-state index contributed by atoms with van der Waals surface area (Å²) in [6.07, 6.45) is -1.67. The number of halogens is 3. The highest BCUT2D eigenvalue weighted by Crippen LogP contribution is 2.56. The second kappa shape index (κ2) is 9.37. The highest BCUT2D eigenvalue weighted by molar-refractivity contribution is 5.94. The van der Waals surface area contributed by atoms with Gasteiger partial charge < -0.3 is 14.5 Å². The molecule has 0 aromatic heterocycles. The van der Waals surface area contributed by atoms with Crippen LogP contribution in [0.2, 0.25) is 0 Å². The topological polar surface area (TPSA) is 34.0 Å². The molecule has 0 bridgehead atoms. The molecule has 1 aliphatic carbocycles. The van der Waals surface area contributed by atoms with E-state index in [4.69, 9.17) is 4.74 Å². The van der Waals surface area contributed by atoms with Crippen molar-refractivity contribution in [3.8, 4) is 16.9 Å². The maximum atomic E-state index is 13.2. The molecule has 2 aliphatic rings. The van der Waals surface area contributed by atoms with Crippen LogP contribution in [0, 0.1) is 11.3 Å². The average molecular weight is 462 g/mol. The number of rotatable bonds is 7. The van der Waals surface area contributed by atoms with E-state index in [1.165, 1.54) is 0 Å². The predicted molar refractivity (Wildman–Crippen MR) is 121 cm³/mol. The highest BCUT2D eigenvalue weighted by Gasteiger charge is 2.65. The number of amides is 1. The molecule has 1 N–H and O–H groups in total. The Balaban J connectivity index is 1.24. The van der Waals surface area contributed by atoms with E-state index in [0.29, 0.717) is 30.9 Å². The third-order valence-electron chi connectivity index (χ3n) is 7.07. The predicted octanol–water partition coefficient (Wildman–Crippen LogP) is 4.07. The lowest BCUT2D eigenvalue weighted by molar-refractivity contribution is -0.912. The monoisotopic (exact) mass is 461 g/mol. The molecule has 0 radical (unpaired) electrons. The average Bonchev–Trinajstić information content (AvgIpc) is 3.59. The number of carbonyl (C=O) groups excluding carboxylic acids is 1. The summed E-state index contributed by atoms with van der Waals surface area (Å²) in [6.45, 7) is 2.41. The number of carbonyl (C=O) groups is 1. The van der Waals surface area contributed by atoms with E-state index in [0.717, 1.165) is 47.7 Å². The first-order valence-corrected chi connectivity index (χ1v) is 11.6. The van der Waals surface area contributed by atoms with Crippen LogP contribution < -0.4 is 9.64 Å². The Morgan fingerprint density at radius 3 is 2.03 bits per heavy atom. The van der Waals surface area contributed by atoms with Gasteiger partial charge in [-0.05, 0) is 48.2 Å². The Hall–Kier alpha value is -2.54.